The number of fused-ring (bicyclic) bond motifs is 2. The summed E-state index contributed by atoms with van der Waals surface area (Å²) in [6.07, 6.45) is 12.3. The van der Waals surface area contributed by atoms with E-state index in [1.54, 1.807) is 16.2 Å². The van der Waals surface area contributed by atoms with Crippen LogP contribution in [0.2, 0.25) is 0 Å². The third kappa shape index (κ3) is 4.69. The first kappa shape index (κ1) is 27.4. The first-order chi connectivity index (χ1) is 15.6. The Balaban J connectivity index is 0.00000274. The minimum absolute atomic E-state index is 0. The number of nitrogens with zero attached hydrogens (tertiary/aromatic N) is 1. The molecule has 0 amide bonds. The second kappa shape index (κ2) is 10.2. The molecule has 0 radical (unpaired) electrons. The molecule has 5 aliphatic rings. The van der Waals surface area contributed by atoms with Gasteiger partial charge in [0.15, 0.2) is 0 Å². The fourth-order valence-corrected chi connectivity index (χ4v) is 8.97. The molecule has 2 saturated carbocycles. The van der Waals surface area contributed by atoms with Gasteiger partial charge in [-0.3, -0.25) is 4.79 Å². The van der Waals surface area contributed by atoms with Gasteiger partial charge in [0.1, 0.15) is 5.78 Å². The topological polar surface area (TPSA) is 49.8 Å². The van der Waals surface area contributed by atoms with Gasteiger partial charge in [-0.1, -0.05) is 45.3 Å². The van der Waals surface area contributed by atoms with E-state index in [-0.39, 0.29) is 48.9 Å². The van der Waals surface area contributed by atoms with Gasteiger partial charge < -0.3 is 9.94 Å². The number of hydrogen-bond donors (Lipinski definition) is 1. The number of allylic oxidation sites excluding steroid dienone is 1. The van der Waals surface area contributed by atoms with Gasteiger partial charge in [-0.15, -0.1) is 0 Å². The Hall–Kier alpha value is 0.342. The molecule has 5 rings (SSSR count). The van der Waals surface area contributed by atoms with Crippen molar-refractivity contribution in [3.8, 4) is 0 Å². The number of hydroxylamine groups is 2. The molecule has 1 N–H and O–H groups in total. The largest absolute Gasteiger partial charge is 0.369 e. The van der Waals surface area contributed by atoms with Crippen molar-refractivity contribution in [2.45, 2.75) is 123 Å². The van der Waals surface area contributed by atoms with Gasteiger partial charge in [0.2, 0.25) is 0 Å². The fourth-order valence-electron chi connectivity index (χ4n) is 8.97. The van der Waals surface area contributed by atoms with Crippen molar-refractivity contribution in [3.05, 3.63) is 11.1 Å². The molecule has 0 aromatic heterocycles. The first-order valence-electron chi connectivity index (χ1n) is 14.0. The number of carbonyl (C=O) groups excluding carboxylic acids is 1. The number of ketones is 1. The first-order valence-corrected chi connectivity index (χ1v) is 14.0. The van der Waals surface area contributed by atoms with Crippen molar-refractivity contribution in [2.24, 2.45) is 35.0 Å². The van der Waals surface area contributed by atoms with E-state index in [0.717, 1.165) is 45.1 Å². The Morgan fingerprint density at radius 2 is 1.91 bits per heavy atom. The maximum Gasteiger partial charge on any atom is 0.133 e. The summed E-state index contributed by atoms with van der Waals surface area (Å²) in [6.45, 7) is 12.7. The van der Waals surface area contributed by atoms with Crippen LogP contribution in [0.15, 0.2) is 11.1 Å². The Bertz CT molecular complexity index is 813. The zero-order valence-corrected chi connectivity index (χ0v) is 26.4. The van der Waals surface area contributed by atoms with Crippen LogP contribution < -0.4 is 0 Å². The van der Waals surface area contributed by atoms with Crippen LogP contribution in [-0.2, 0) is 9.53 Å². The van der Waals surface area contributed by atoms with E-state index in [1.807, 2.05) is 0 Å². The van der Waals surface area contributed by atoms with Crippen molar-refractivity contribution in [2.75, 3.05) is 6.54 Å². The number of carbonyl (C=O) groups is 1. The summed E-state index contributed by atoms with van der Waals surface area (Å²) in [5, 5.41) is 12.4. The Labute approximate surface area is 231 Å². The summed E-state index contributed by atoms with van der Waals surface area (Å²) in [6, 6.07) is 0.142. The monoisotopic (exact) mass is 695 g/mol. The molecule has 2 aliphatic heterocycles. The molecule has 5 heteroatoms. The molecule has 0 bridgehead atoms. The molecule has 0 aromatic carbocycles. The van der Waals surface area contributed by atoms with Gasteiger partial charge in [-0.2, -0.15) is 5.06 Å². The molecule has 9 atom stereocenters. The SMILES string of the molecule is CC1=C(CC2CCCC3CC(=O)CC[C@@]32C)C(C)CC[C@@]2(C1)O[C@@H]1CC(C)CN(O)[C@H]1[C@H]2C.[U]. The molecule has 4 fully saturated rings. The van der Waals surface area contributed by atoms with Crippen LogP contribution in [0.3, 0.4) is 0 Å². The Kier molecular flexibility index (Phi) is 8.25. The number of hydrogen-bond acceptors (Lipinski definition) is 4. The average molecular weight is 696 g/mol. The van der Waals surface area contributed by atoms with Crippen LogP contribution >= 0.6 is 0 Å². The van der Waals surface area contributed by atoms with Gasteiger partial charge in [-0.25, -0.2) is 0 Å². The average Bonchev–Trinajstić information content (AvgIpc) is 2.95. The fraction of sp³-hybridized carbons (Fsp3) is 0.897. The van der Waals surface area contributed by atoms with E-state index < -0.39 is 0 Å². The number of Topliss-reactive ketones (excluding diaryl/α,β-unsaturated/α-hetero) is 1. The summed E-state index contributed by atoms with van der Waals surface area (Å²) in [4.78, 5) is 12.2. The molecule has 2 heterocycles. The van der Waals surface area contributed by atoms with Crippen molar-refractivity contribution in [3.63, 3.8) is 0 Å². The molecular weight excluding hydrogens is 648 g/mol. The zero-order chi connectivity index (χ0) is 23.5. The molecule has 34 heavy (non-hydrogen) atoms. The van der Waals surface area contributed by atoms with E-state index in [2.05, 4.69) is 34.6 Å². The van der Waals surface area contributed by atoms with Crippen molar-refractivity contribution in [1.82, 2.24) is 5.06 Å². The van der Waals surface area contributed by atoms with Crippen LogP contribution in [0, 0.1) is 66.1 Å². The van der Waals surface area contributed by atoms with E-state index in [0.29, 0.717) is 40.8 Å². The third-order valence-electron chi connectivity index (χ3n) is 11.1. The second-order valence-electron chi connectivity index (χ2n) is 13.2. The standard InChI is InChI=1S/C29H47NO3.U/c1-18-13-26-27(30(32)17-18)21(4)29(33-26)12-9-19(2)25(20(3)16-29)15-23-8-6-7-22-14-24(31)10-11-28(22,23)5;/h18-19,21-23,26-27,32H,6-17H2,1-5H3;/t18?,19?,21-,22?,23?,26-,27+,28+,29+;/m1./s1. The number of rotatable bonds is 2. The second-order valence-corrected chi connectivity index (χ2v) is 13.2. The third-order valence-corrected chi connectivity index (χ3v) is 11.1. The maximum absolute atomic E-state index is 12.2. The minimum Gasteiger partial charge on any atom is -0.369 e. The summed E-state index contributed by atoms with van der Waals surface area (Å²) < 4.78 is 6.93. The Morgan fingerprint density at radius 3 is 2.68 bits per heavy atom. The van der Waals surface area contributed by atoms with Crippen molar-refractivity contribution >= 4 is 5.78 Å². The molecule has 190 valence electrons. The zero-order valence-electron chi connectivity index (χ0n) is 22.2. The Morgan fingerprint density at radius 1 is 1.15 bits per heavy atom. The van der Waals surface area contributed by atoms with E-state index in [9.17, 15) is 10.0 Å². The predicted molar refractivity (Wildman–Crippen MR) is 131 cm³/mol. The van der Waals surface area contributed by atoms with Crippen LogP contribution in [-0.4, -0.2) is 40.3 Å². The van der Waals surface area contributed by atoms with Crippen molar-refractivity contribution in [1.29, 1.82) is 0 Å². The molecule has 0 aromatic rings. The molecule has 1 spiro atoms. The smallest absolute Gasteiger partial charge is 0.133 e. The quantitative estimate of drug-likeness (QED) is 0.333. The number of piperidine rings is 1. The summed E-state index contributed by atoms with van der Waals surface area (Å²) in [5.74, 6) is 3.24. The molecule has 4 nitrogen and oxygen atoms in total. The van der Waals surface area contributed by atoms with Crippen LogP contribution in [0.4, 0.5) is 0 Å². The van der Waals surface area contributed by atoms with E-state index >= 15 is 0 Å². The minimum atomic E-state index is -0.128. The van der Waals surface area contributed by atoms with E-state index in [1.165, 1.54) is 32.1 Å². The van der Waals surface area contributed by atoms with Gasteiger partial charge in [0.05, 0.1) is 17.7 Å². The molecule has 4 unspecified atom stereocenters. The normalized spacial score (nSPS) is 47.7. The van der Waals surface area contributed by atoms with Gasteiger partial charge in [0.25, 0.3) is 0 Å². The summed E-state index contributed by atoms with van der Waals surface area (Å²) in [7, 11) is 0. The molecule has 3 aliphatic carbocycles. The summed E-state index contributed by atoms with van der Waals surface area (Å²) >= 11 is 0. The van der Waals surface area contributed by atoms with Crippen LogP contribution in [0.1, 0.15) is 105 Å². The maximum atomic E-state index is 12.2. The van der Waals surface area contributed by atoms with Crippen LogP contribution in [0.5, 0.6) is 0 Å². The van der Waals surface area contributed by atoms with Gasteiger partial charge >= 0.3 is 0 Å². The summed E-state index contributed by atoms with van der Waals surface area (Å²) in [5.41, 5.74) is 3.45. The van der Waals surface area contributed by atoms with E-state index in [4.69, 9.17) is 4.74 Å². The predicted octanol–water partition coefficient (Wildman–Crippen LogP) is 6.56. The van der Waals surface area contributed by atoms with Crippen LogP contribution in [0.25, 0.3) is 0 Å². The van der Waals surface area contributed by atoms with Gasteiger partial charge in [0, 0.05) is 56.4 Å². The molecule has 2 saturated heterocycles. The molecular formula is C29H47NO3U. The van der Waals surface area contributed by atoms with Crippen molar-refractivity contribution < 1.29 is 45.9 Å². The van der Waals surface area contributed by atoms with Gasteiger partial charge in [-0.05, 0) is 87.4 Å². The number of ether oxygens (including phenoxy) is 1.